The molecule has 5 nitrogen and oxygen atoms in total. The zero-order valence-corrected chi connectivity index (χ0v) is 16.1. The van der Waals surface area contributed by atoms with E-state index in [2.05, 4.69) is 12.1 Å². The first-order valence-corrected chi connectivity index (χ1v) is 9.73. The van der Waals surface area contributed by atoms with Crippen LogP contribution in [0, 0.1) is 5.41 Å². The lowest BCUT2D eigenvalue weighted by Crippen LogP contribution is -2.54. The van der Waals surface area contributed by atoms with Crippen LogP contribution in [0.2, 0.25) is 0 Å². The van der Waals surface area contributed by atoms with Crippen LogP contribution in [-0.4, -0.2) is 54.1 Å². The van der Waals surface area contributed by atoms with Gasteiger partial charge in [-0.15, -0.1) is 0 Å². The monoisotopic (exact) mass is 358 g/mol. The second kappa shape index (κ2) is 7.68. The maximum Gasteiger partial charge on any atom is 0.410 e. The number of carbonyl (C=O) groups excluding carboxylic acids is 2. The van der Waals surface area contributed by atoms with E-state index in [1.807, 2.05) is 48.8 Å². The molecule has 2 saturated heterocycles. The van der Waals surface area contributed by atoms with Crippen LogP contribution in [0.15, 0.2) is 30.3 Å². The smallest absolute Gasteiger partial charge is 0.410 e. The SMILES string of the molecule is CCN1CC2(CCN(C(=O)OC(C)C)CC2)C[C@H](c2ccccc2)C1=O. The predicted molar refractivity (Wildman–Crippen MR) is 101 cm³/mol. The van der Waals surface area contributed by atoms with Gasteiger partial charge in [-0.1, -0.05) is 30.3 Å². The highest BCUT2D eigenvalue weighted by molar-refractivity contribution is 5.84. The minimum atomic E-state index is -0.214. The molecule has 0 unspecified atom stereocenters. The number of amides is 2. The summed E-state index contributed by atoms with van der Waals surface area (Å²) in [4.78, 5) is 28.9. The summed E-state index contributed by atoms with van der Waals surface area (Å²) in [5.74, 6) is 0.171. The van der Waals surface area contributed by atoms with E-state index < -0.39 is 0 Å². The lowest BCUT2D eigenvalue weighted by Gasteiger charge is -2.49. The average Bonchev–Trinajstić information content (AvgIpc) is 2.64. The van der Waals surface area contributed by atoms with Crippen LogP contribution in [-0.2, 0) is 9.53 Å². The molecule has 5 heteroatoms. The molecular formula is C21H30N2O3. The lowest BCUT2D eigenvalue weighted by atomic mass is 9.67. The van der Waals surface area contributed by atoms with Crippen molar-refractivity contribution in [3.8, 4) is 0 Å². The van der Waals surface area contributed by atoms with Crippen molar-refractivity contribution in [2.24, 2.45) is 5.41 Å². The van der Waals surface area contributed by atoms with Crippen LogP contribution in [0.4, 0.5) is 4.79 Å². The number of piperidine rings is 2. The van der Waals surface area contributed by atoms with Gasteiger partial charge in [0.15, 0.2) is 0 Å². The van der Waals surface area contributed by atoms with Crippen molar-refractivity contribution in [1.82, 2.24) is 9.80 Å². The third-order valence-corrected chi connectivity index (χ3v) is 5.78. The van der Waals surface area contributed by atoms with Crippen LogP contribution in [0.1, 0.15) is 51.5 Å². The first-order chi connectivity index (χ1) is 12.4. The molecular weight excluding hydrogens is 328 g/mol. The Balaban J connectivity index is 1.74. The van der Waals surface area contributed by atoms with Gasteiger partial charge in [-0.25, -0.2) is 4.79 Å². The molecule has 1 aromatic rings. The summed E-state index contributed by atoms with van der Waals surface area (Å²) in [5, 5.41) is 0. The Morgan fingerprint density at radius 1 is 1.23 bits per heavy atom. The quantitative estimate of drug-likeness (QED) is 0.829. The van der Waals surface area contributed by atoms with Crippen molar-refractivity contribution >= 4 is 12.0 Å². The Morgan fingerprint density at radius 3 is 2.46 bits per heavy atom. The van der Waals surface area contributed by atoms with E-state index in [4.69, 9.17) is 4.74 Å². The van der Waals surface area contributed by atoms with Crippen molar-refractivity contribution in [3.63, 3.8) is 0 Å². The first-order valence-electron chi connectivity index (χ1n) is 9.73. The summed E-state index contributed by atoms with van der Waals surface area (Å²) in [6, 6.07) is 10.1. The number of hydrogen-bond donors (Lipinski definition) is 0. The largest absolute Gasteiger partial charge is 0.447 e. The van der Waals surface area contributed by atoms with Crippen LogP contribution in [0.25, 0.3) is 0 Å². The molecule has 1 aromatic carbocycles. The summed E-state index contributed by atoms with van der Waals surface area (Å²) in [7, 11) is 0. The van der Waals surface area contributed by atoms with Crippen LogP contribution >= 0.6 is 0 Å². The molecule has 1 spiro atoms. The number of hydrogen-bond acceptors (Lipinski definition) is 3. The highest BCUT2D eigenvalue weighted by atomic mass is 16.6. The molecule has 0 bridgehead atoms. The third kappa shape index (κ3) is 3.87. The molecule has 26 heavy (non-hydrogen) atoms. The molecule has 0 saturated carbocycles. The lowest BCUT2D eigenvalue weighted by molar-refractivity contribution is -0.141. The van der Waals surface area contributed by atoms with Crippen molar-refractivity contribution in [2.45, 2.75) is 52.1 Å². The molecule has 1 atom stereocenters. The second-order valence-electron chi connectivity index (χ2n) is 7.94. The minimum Gasteiger partial charge on any atom is -0.447 e. The van der Waals surface area contributed by atoms with Crippen molar-refractivity contribution in [3.05, 3.63) is 35.9 Å². The van der Waals surface area contributed by atoms with E-state index in [1.165, 1.54) is 0 Å². The normalized spacial score (nSPS) is 22.8. The molecule has 2 aliphatic rings. The maximum absolute atomic E-state index is 12.9. The topological polar surface area (TPSA) is 49.9 Å². The van der Waals surface area contributed by atoms with Crippen LogP contribution in [0.5, 0.6) is 0 Å². The minimum absolute atomic E-state index is 0.0703. The molecule has 0 radical (unpaired) electrons. The summed E-state index contributed by atoms with van der Waals surface area (Å²) in [6.07, 6.45) is 2.41. The molecule has 2 heterocycles. The molecule has 0 N–H and O–H groups in total. The van der Waals surface area contributed by atoms with Gasteiger partial charge in [-0.2, -0.15) is 0 Å². The standard InChI is InChI=1S/C21H30N2O3/c1-4-22-15-21(10-12-23(13-11-21)20(25)26-16(2)3)14-18(19(22)24)17-8-6-5-7-9-17/h5-9,16,18H,4,10-15H2,1-3H3/t18-/m1/s1. The van der Waals surface area contributed by atoms with Crippen molar-refractivity contribution in [2.75, 3.05) is 26.2 Å². The molecule has 0 aromatic heterocycles. The Kier molecular flexibility index (Phi) is 5.54. The number of likely N-dealkylation sites (tertiary alicyclic amines) is 2. The fourth-order valence-electron chi connectivity index (χ4n) is 4.30. The molecule has 2 amide bonds. The number of benzene rings is 1. The zero-order chi connectivity index (χ0) is 18.7. The molecule has 142 valence electrons. The average molecular weight is 358 g/mol. The van der Waals surface area contributed by atoms with E-state index >= 15 is 0 Å². The van der Waals surface area contributed by atoms with E-state index in [9.17, 15) is 9.59 Å². The van der Waals surface area contributed by atoms with Gasteiger partial charge in [0.25, 0.3) is 0 Å². The van der Waals surface area contributed by atoms with Crippen molar-refractivity contribution < 1.29 is 14.3 Å². The summed E-state index contributed by atoms with van der Waals surface area (Å²) >= 11 is 0. The highest BCUT2D eigenvalue weighted by Crippen LogP contribution is 2.45. The van der Waals surface area contributed by atoms with Crippen LogP contribution in [0.3, 0.4) is 0 Å². The Hall–Kier alpha value is -2.04. The van der Waals surface area contributed by atoms with Gasteiger partial charge in [0.1, 0.15) is 0 Å². The van der Waals surface area contributed by atoms with E-state index in [0.717, 1.165) is 37.9 Å². The predicted octanol–water partition coefficient (Wildman–Crippen LogP) is 3.65. The zero-order valence-electron chi connectivity index (χ0n) is 16.1. The fourth-order valence-corrected chi connectivity index (χ4v) is 4.30. The Labute approximate surface area is 156 Å². The molecule has 3 rings (SSSR count). The summed E-state index contributed by atoms with van der Waals surface area (Å²) < 4.78 is 5.34. The number of rotatable bonds is 3. The third-order valence-electron chi connectivity index (χ3n) is 5.78. The highest BCUT2D eigenvalue weighted by Gasteiger charge is 2.46. The van der Waals surface area contributed by atoms with Crippen molar-refractivity contribution in [1.29, 1.82) is 0 Å². The number of likely N-dealkylation sites (N-methyl/N-ethyl adjacent to an activating group) is 1. The second-order valence-corrected chi connectivity index (χ2v) is 7.94. The van der Waals surface area contributed by atoms with Gasteiger partial charge in [0.2, 0.25) is 5.91 Å². The van der Waals surface area contributed by atoms with Gasteiger partial charge < -0.3 is 14.5 Å². The Morgan fingerprint density at radius 2 is 1.88 bits per heavy atom. The maximum atomic E-state index is 12.9. The van der Waals surface area contributed by atoms with E-state index in [0.29, 0.717) is 13.1 Å². The Bertz CT molecular complexity index is 636. The van der Waals surface area contributed by atoms with Gasteiger partial charge >= 0.3 is 6.09 Å². The fraction of sp³-hybridized carbons (Fsp3) is 0.619. The van der Waals surface area contributed by atoms with E-state index in [-0.39, 0.29) is 29.4 Å². The van der Waals surface area contributed by atoms with Gasteiger partial charge in [0, 0.05) is 26.2 Å². The number of ether oxygens (including phenoxy) is 1. The molecule has 0 aliphatic carbocycles. The number of carbonyl (C=O) groups is 2. The summed E-state index contributed by atoms with van der Waals surface area (Å²) in [6.45, 7) is 8.76. The molecule has 2 aliphatic heterocycles. The van der Waals surface area contributed by atoms with Gasteiger partial charge in [0.05, 0.1) is 12.0 Å². The van der Waals surface area contributed by atoms with E-state index in [1.54, 1.807) is 0 Å². The van der Waals surface area contributed by atoms with Gasteiger partial charge in [-0.05, 0) is 51.0 Å². The summed E-state index contributed by atoms with van der Waals surface area (Å²) in [5.41, 5.74) is 1.20. The van der Waals surface area contributed by atoms with Crippen LogP contribution < -0.4 is 0 Å². The first kappa shape index (κ1) is 18.7. The van der Waals surface area contributed by atoms with Gasteiger partial charge in [-0.3, -0.25) is 4.79 Å². The molecule has 2 fully saturated rings. The number of nitrogens with zero attached hydrogens (tertiary/aromatic N) is 2.